The van der Waals surface area contributed by atoms with Crippen LogP contribution in [0, 0.1) is 5.41 Å². The van der Waals surface area contributed by atoms with E-state index in [1.807, 2.05) is 13.8 Å². The van der Waals surface area contributed by atoms with Gasteiger partial charge in [-0.05, 0) is 32.1 Å². The van der Waals surface area contributed by atoms with Crippen molar-refractivity contribution < 1.29 is 14.0 Å². The molecule has 4 nitrogen and oxygen atoms in total. The Morgan fingerprint density at radius 3 is 2.48 bits per heavy atom. The summed E-state index contributed by atoms with van der Waals surface area (Å²) >= 11 is 0. The molecule has 0 spiro atoms. The zero-order chi connectivity index (χ0) is 15.8. The van der Waals surface area contributed by atoms with E-state index in [1.165, 1.54) is 0 Å². The molecule has 0 saturated heterocycles. The quantitative estimate of drug-likeness (QED) is 0.922. The molecule has 0 aliphatic heterocycles. The molecule has 0 aromatic carbocycles. The first-order valence-corrected chi connectivity index (χ1v) is 7.56. The van der Waals surface area contributed by atoms with Crippen molar-refractivity contribution in [2.45, 2.75) is 65.8 Å². The Hall–Kier alpha value is -1.58. The average Bonchev–Trinajstić information content (AvgIpc) is 2.70. The Bertz CT molecular complexity index is 561. The fraction of sp³-hybridized carbons (Fsp3) is 0.647. The highest BCUT2D eigenvalue weighted by molar-refractivity contribution is 6.01. The van der Waals surface area contributed by atoms with Gasteiger partial charge in [0.05, 0.1) is 5.56 Å². The van der Waals surface area contributed by atoms with Crippen LogP contribution in [0.15, 0.2) is 10.5 Å². The summed E-state index contributed by atoms with van der Waals surface area (Å²) < 4.78 is 5.58. The minimum Gasteiger partial charge on any atom is -0.455 e. The standard InChI is InChI=1S/C17H25NO3/c1-16(2,3)10-17(4,5)18-15(20)14-9-11-12(19)7-6-8-13(11)21-14/h9H,6-8,10H2,1-5H3,(H,18,20). The summed E-state index contributed by atoms with van der Waals surface area (Å²) in [6.07, 6.45) is 2.93. The van der Waals surface area contributed by atoms with Crippen LogP contribution in [0.25, 0.3) is 0 Å². The highest BCUT2D eigenvalue weighted by Crippen LogP contribution is 2.28. The number of rotatable bonds is 3. The topological polar surface area (TPSA) is 59.3 Å². The predicted molar refractivity (Wildman–Crippen MR) is 81.6 cm³/mol. The van der Waals surface area contributed by atoms with Crippen molar-refractivity contribution in [3.63, 3.8) is 0 Å². The van der Waals surface area contributed by atoms with Crippen LogP contribution in [0.5, 0.6) is 0 Å². The second kappa shape index (κ2) is 5.32. The lowest BCUT2D eigenvalue weighted by Gasteiger charge is -2.33. The normalized spacial score (nSPS) is 15.8. The van der Waals surface area contributed by atoms with E-state index in [0.29, 0.717) is 17.7 Å². The van der Waals surface area contributed by atoms with Gasteiger partial charge in [0.1, 0.15) is 5.76 Å². The van der Waals surface area contributed by atoms with Crippen LogP contribution in [-0.2, 0) is 6.42 Å². The van der Waals surface area contributed by atoms with Crippen LogP contribution in [0.3, 0.4) is 0 Å². The lowest BCUT2D eigenvalue weighted by Crippen LogP contribution is -2.45. The van der Waals surface area contributed by atoms with Crippen molar-refractivity contribution in [3.05, 3.63) is 23.2 Å². The second-order valence-corrected chi connectivity index (χ2v) is 7.80. The van der Waals surface area contributed by atoms with Gasteiger partial charge in [0.2, 0.25) is 0 Å². The maximum Gasteiger partial charge on any atom is 0.287 e. The molecular formula is C17H25NO3. The van der Waals surface area contributed by atoms with Gasteiger partial charge in [-0.1, -0.05) is 20.8 Å². The van der Waals surface area contributed by atoms with Crippen LogP contribution in [-0.4, -0.2) is 17.2 Å². The van der Waals surface area contributed by atoms with E-state index >= 15 is 0 Å². The largest absolute Gasteiger partial charge is 0.455 e. The first-order chi connectivity index (χ1) is 9.57. The van der Waals surface area contributed by atoms with Gasteiger partial charge in [-0.15, -0.1) is 0 Å². The molecule has 0 bridgehead atoms. The van der Waals surface area contributed by atoms with Crippen LogP contribution in [0.2, 0.25) is 0 Å². The lowest BCUT2D eigenvalue weighted by molar-refractivity contribution is 0.0859. The fourth-order valence-corrected chi connectivity index (χ4v) is 3.25. The Morgan fingerprint density at radius 2 is 1.90 bits per heavy atom. The van der Waals surface area contributed by atoms with Crippen LogP contribution < -0.4 is 5.32 Å². The summed E-state index contributed by atoms with van der Waals surface area (Å²) in [5.41, 5.74) is 0.377. The van der Waals surface area contributed by atoms with Crippen LogP contribution in [0.1, 0.15) is 80.6 Å². The van der Waals surface area contributed by atoms with Gasteiger partial charge >= 0.3 is 0 Å². The predicted octanol–water partition coefficient (Wildman–Crippen LogP) is 3.74. The number of fused-ring (bicyclic) bond motifs is 1. The van der Waals surface area contributed by atoms with Gasteiger partial charge in [0, 0.05) is 24.4 Å². The molecule has 1 aliphatic rings. The molecule has 1 N–H and O–H groups in total. The molecule has 1 aromatic heterocycles. The third-order valence-electron chi connectivity index (χ3n) is 3.57. The molecule has 0 fully saturated rings. The van der Waals surface area contributed by atoms with Crippen molar-refractivity contribution in [2.75, 3.05) is 0 Å². The first kappa shape index (κ1) is 15.8. The monoisotopic (exact) mass is 291 g/mol. The molecule has 116 valence electrons. The van der Waals surface area contributed by atoms with Gasteiger partial charge in [0.15, 0.2) is 11.5 Å². The van der Waals surface area contributed by atoms with Crippen LogP contribution >= 0.6 is 0 Å². The number of ketones is 1. The Kier molecular flexibility index (Phi) is 4.00. The Balaban J connectivity index is 2.12. The van der Waals surface area contributed by atoms with Gasteiger partial charge in [-0.25, -0.2) is 0 Å². The molecule has 1 aliphatic carbocycles. The number of carbonyl (C=O) groups excluding carboxylic acids is 2. The molecule has 21 heavy (non-hydrogen) atoms. The molecule has 4 heteroatoms. The van der Waals surface area contributed by atoms with E-state index in [0.717, 1.165) is 19.3 Å². The third-order valence-corrected chi connectivity index (χ3v) is 3.57. The number of nitrogens with one attached hydrogen (secondary N) is 1. The van der Waals surface area contributed by atoms with Crippen molar-refractivity contribution in [3.8, 4) is 0 Å². The van der Waals surface area contributed by atoms with E-state index in [9.17, 15) is 9.59 Å². The number of hydrogen-bond acceptors (Lipinski definition) is 3. The summed E-state index contributed by atoms with van der Waals surface area (Å²) in [5.74, 6) is 0.738. The molecule has 0 radical (unpaired) electrons. The van der Waals surface area contributed by atoms with Crippen molar-refractivity contribution in [1.29, 1.82) is 0 Å². The smallest absolute Gasteiger partial charge is 0.287 e. The van der Waals surface area contributed by atoms with Crippen molar-refractivity contribution in [1.82, 2.24) is 5.32 Å². The second-order valence-electron chi connectivity index (χ2n) is 7.80. The van der Waals surface area contributed by atoms with Crippen molar-refractivity contribution >= 4 is 11.7 Å². The van der Waals surface area contributed by atoms with E-state index in [2.05, 4.69) is 26.1 Å². The first-order valence-electron chi connectivity index (χ1n) is 7.56. The van der Waals surface area contributed by atoms with Gasteiger partial charge in [-0.2, -0.15) is 0 Å². The Labute approximate surface area is 126 Å². The number of carbonyl (C=O) groups is 2. The molecule has 0 unspecified atom stereocenters. The highest BCUT2D eigenvalue weighted by atomic mass is 16.4. The zero-order valence-corrected chi connectivity index (χ0v) is 13.6. The maximum absolute atomic E-state index is 12.4. The number of furan rings is 1. The molecule has 1 aromatic rings. The lowest BCUT2D eigenvalue weighted by atomic mass is 9.82. The number of Topliss-reactive ketones (excluding diaryl/α,β-unsaturated/α-hetero) is 1. The summed E-state index contributed by atoms with van der Waals surface area (Å²) in [6.45, 7) is 10.4. The van der Waals surface area contributed by atoms with Crippen molar-refractivity contribution in [2.24, 2.45) is 5.41 Å². The van der Waals surface area contributed by atoms with Gasteiger partial charge < -0.3 is 9.73 Å². The van der Waals surface area contributed by atoms with Gasteiger partial charge in [0.25, 0.3) is 5.91 Å². The van der Waals surface area contributed by atoms with Crippen LogP contribution in [0.4, 0.5) is 0 Å². The minimum atomic E-state index is -0.327. The third kappa shape index (κ3) is 3.96. The van der Waals surface area contributed by atoms with E-state index in [4.69, 9.17) is 4.42 Å². The minimum absolute atomic E-state index is 0.0769. The molecule has 0 saturated carbocycles. The molecule has 2 rings (SSSR count). The molecule has 1 heterocycles. The fourth-order valence-electron chi connectivity index (χ4n) is 3.25. The van der Waals surface area contributed by atoms with E-state index in [1.54, 1.807) is 6.07 Å². The van der Waals surface area contributed by atoms with Gasteiger partial charge in [-0.3, -0.25) is 9.59 Å². The number of hydrogen-bond donors (Lipinski definition) is 1. The number of amides is 1. The Morgan fingerprint density at radius 1 is 1.24 bits per heavy atom. The molecule has 1 amide bonds. The average molecular weight is 291 g/mol. The van der Waals surface area contributed by atoms with E-state index < -0.39 is 0 Å². The molecular weight excluding hydrogens is 266 g/mol. The number of aryl methyl sites for hydroxylation is 1. The van der Waals surface area contributed by atoms with E-state index in [-0.39, 0.29) is 28.4 Å². The maximum atomic E-state index is 12.4. The summed E-state index contributed by atoms with van der Waals surface area (Å²) in [4.78, 5) is 24.2. The summed E-state index contributed by atoms with van der Waals surface area (Å²) in [5, 5.41) is 3.01. The summed E-state index contributed by atoms with van der Waals surface area (Å²) in [7, 11) is 0. The highest BCUT2D eigenvalue weighted by Gasteiger charge is 2.30. The molecule has 0 atom stereocenters. The zero-order valence-electron chi connectivity index (χ0n) is 13.6. The summed E-state index contributed by atoms with van der Waals surface area (Å²) in [6, 6.07) is 1.60. The SMILES string of the molecule is CC(C)(C)CC(C)(C)NC(=O)c1cc2c(o1)CCCC2=O.